The number of nitrogens with one attached hydrogen (secondary N) is 2. The van der Waals surface area contributed by atoms with Gasteiger partial charge in [-0.3, -0.25) is 4.79 Å². The molecule has 0 saturated carbocycles. The highest BCUT2D eigenvalue weighted by Crippen LogP contribution is 2.20. The third-order valence-corrected chi connectivity index (χ3v) is 4.34. The smallest absolute Gasteiger partial charge is 0.240 e. The van der Waals surface area contributed by atoms with Gasteiger partial charge in [0.25, 0.3) is 0 Å². The van der Waals surface area contributed by atoms with Gasteiger partial charge in [-0.15, -0.1) is 12.4 Å². The van der Waals surface area contributed by atoms with Crippen LogP contribution in [0.2, 0.25) is 0 Å². The van der Waals surface area contributed by atoms with Crippen LogP contribution in [-0.4, -0.2) is 18.0 Å². The molecule has 0 radical (unpaired) electrons. The molecule has 0 aliphatic carbocycles. The second-order valence-electron chi connectivity index (χ2n) is 5.13. The normalized spacial score (nSPS) is 21.9. The quantitative estimate of drug-likeness (QED) is 0.864. The molecule has 1 aliphatic heterocycles. The van der Waals surface area contributed by atoms with Crippen molar-refractivity contribution in [2.45, 2.75) is 38.3 Å². The van der Waals surface area contributed by atoms with E-state index in [9.17, 15) is 9.18 Å². The van der Waals surface area contributed by atoms with E-state index in [1.54, 1.807) is 6.07 Å². The zero-order valence-electron chi connectivity index (χ0n) is 11.3. The van der Waals surface area contributed by atoms with E-state index >= 15 is 0 Å². The summed E-state index contributed by atoms with van der Waals surface area (Å²) in [7, 11) is 0. The molecular formula is C14H19BrClFN2O. The fourth-order valence-corrected chi connectivity index (χ4v) is 2.69. The summed E-state index contributed by atoms with van der Waals surface area (Å²) in [4.78, 5) is 12.2. The second kappa shape index (κ2) is 7.38. The van der Waals surface area contributed by atoms with Crippen LogP contribution in [0, 0.1) is 5.82 Å². The van der Waals surface area contributed by atoms with Crippen molar-refractivity contribution >= 4 is 34.2 Å². The molecular weight excluding hydrogens is 347 g/mol. The molecule has 1 unspecified atom stereocenters. The molecule has 1 aromatic rings. The molecule has 1 aliphatic rings. The van der Waals surface area contributed by atoms with Crippen LogP contribution in [-0.2, 0) is 11.3 Å². The topological polar surface area (TPSA) is 41.1 Å². The van der Waals surface area contributed by atoms with Crippen molar-refractivity contribution in [1.29, 1.82) is 0 Å². The van der Waals surface area contributed by atoms with Gasteiger partial charge in [0.05, 0.1) is 5.54 Å². The zero-order valence-corrected chi connectivity index (χ0v) is 13.7. The monoisotopic (exact) mass is 364 g/mol. The molecule has 0 spiro atoms. The average Bonchev–Trinajstić information content (AvgIpc) is 2.40. The molecule has 1 heterocycles. The highest BCUT2D eigenvalue weighted by molar-refractivity contribution is 9.10. The van der Waals surface area contributed by atoms with Gasteiger partial charge in [-0.2, -0.15) is 0 Å². The number of hydrogen-bond donors (Lipinski definition) is 2. The molecule has 3 nitrogen and oxygen atoms in total. The molecule has 1 atom stereocenters. The van der Waals surface area contributed by atoms with E-state index in [1.165, 1.54) is 12.1 Å². The van der Waals surface area contributed by atoms with Crippen LogP contribution in [0.3, 0.4) is 0 Å². The first-order valence-corrected chi connectivity index (χ1v) is 7.28. The molecule has 2 N–H and O–H groups in total. The van der Waals surface area contributed by atoms with Crippen molar-refractivity contribution in [3.05, 3.63) is 34.1 Å². The number of carbonyl (C=O) groups is 1. The second-order valence-corrected chi connectivity index (χ2v) is 5.99. The molecule has 2 rings (SSSR count). The third kappa shape index (κ3) is 4.17. The zero-order chi connectivity index (χ0) is 13.9. The first-order valence-electron chi connectivity index (χ1n) is 6.48. The molecule has 1 amide bonds. The molecule has 20 heavy (non-hydrogen) atoms. The Hall–Kier alpha value is -0.650. The van der Waals surface area contributed by atoms with Crippen LogP contribution in [0.15, 0.2) is 22.7 Å². The predicted octanol–water partition coefficient (Wildman–Crippen LogP) is 3.16. The number of rotatable bonds is 3. The maximum absolute atomic E-state index is 13.2. The van der Waals surface area contributed by atoms with Gasteiger partial charge in [0.1, 0.15) is 5.82 Å². The Balaban J connectivity index is 0.00000200. The van der Waals surface area contributed by atoms with Gasteiger partial charge < -0.3 is 10.6 Å². The summed E-state index contributed by atoms with van der Waals surface area (Å²) in [5, 5.41) is 6.14. The summed E-state index contributed by atoms with van der Waals surface area (Å²) < 4.78 is 14.0. The minimum atomic E-state index is -0.502. The molecule has 112 valence electrons. The van der Waals surface area contributed by atoms with E-state index in [2.05, 4.69) is 26.6 Å². The van der Waals surface area contributed by atoms with Crippen LogP contribution in [0.4, 0.5) is 4.39 Å². The van der Waals surface area contributed by atoms with E-state index in [-0.39, 0.29) is 24.1 Å². The Morgan fingerprint density at radius 3 is 2.90 bits per heavy atom. The van der Waals surface area contributed by atoms with Crippen molar-refractivity contribution in [2.75, 3.05) is 6.54 Å². The Bertz CT molecular complexity index is 478. The number of benzene rings is 1. The number of hydrogen-bond acceptors (Lipinski definition) is 2. The maximum Gasteiger partial charge on any atom is 0.240 e. The lowest BCUT2D eigenvalue weighted by atomic mass is 9.90. The van der Waals surface area contributed by atoms with E-state index in [0.717, 1.165) is 35.8 Å². The molecule has 1 saturated heterocycles. The van der Waals surface area contributed by atoms with Crippen LogP contribution in [0.1, 0.15) is 31.7 Å². The van der Waals surface area contributed by atoms with Gasteiger partial charge in [-0.25, -0.2) is 4.39 Å². The van der Waals surface area contributed by atoms with Gasteiger partial charge in [-0.05, 0) is 56.5 Å². The first-order chi connectivity index (χ1) is 9.01. The minimum Gasteiger partial charge on any atom is -0.350 e. The van der Waals surface area contributed by atoms with Crippen molar-refractivity contribution < 1.29 is 9.18 Å². The third-order valence-electron chi connectivity index (χ3n) is 3.57. The molecule has 1 fully saturated rings. The van der Waals surface area contributed by atoms with Crippen molar-refractivity contribution in [3.8, 4) is 0 Å². The van der Waals surface area contributed by atoms with E-state index < -0.39 is 5.54 Å². The Labute approximate surface area is 133 Å². The Morgan fingerprint density at radius 1 is 1.50 bits per heavy atom. The van der Waals surface area contributed by atoms with Crippen LogP contribution >= 0.6 is 28.3 Å². The summed E-state index contributed by atoms with van der Waals surface area (Å²) in [6, 6.07) is 4.47. The van der Waals surface area contributed by atoms with Crippen molar-refractivity contribution in [3.63, 3.8) is 0 Å². The Morgan fingerprint density at radius 2 is 2.25 bits per heavy atom. The number of carbonyl (C=O) groups excluding carboxylic acids is 1. The first kappa shape index (κ1) is 17.4. The SMILES string of the molecule is CC1(C(=O)NCc2cc(F)ccc2Br)CCCCN1.Cl. The van der Waals surface area contributed by atoms with Crippen LogP contribution in [0.25, 0.3) is 0 Å². The number of amides is 1. The van der Waals surface area contributed by atoms with Gasteiger partial charge in [0.15, 0.2) is 0 Å². The van der Waals surface area contributed by atoms with Crippen molar-refractivity contribution in [2.24, 2.45) is 0 Å². The van der Waals surface area contributed by atoms with Gasteiger partial charge in [0.2, 0.25) is 5.91 Å². The van der Waals surface area contributed by atoms with Gasteiger partial charge in [-0.1, -0.05) is 15.9 Å². The fourth-order valence-electron chi connectivity index (χ4n) is 2.30. The fraction of sp³-hybridized carbons (Fsp3) is 0.500. The highest BCUT2D eigenvalue weighted by Gasteiger charge is 2.33. The van der Waals surface area contributed by atoms with Gasteiger partial charge in [0, 0.05) is 11.0 Å². The maximum atomic E-state index is 13.2. The summed E-state index contributed by atoms with van der Waals surface area (Å²) in [5.74, 6) is -0.321. The highest BCUT2D eigenvalue weighted by atomic mass is 79.9. The average molecular weight is 366 g/mol. The minimum absolute atomic E-state index is 0. The standard InChI is InChI=1S/C14H18BrFN2O.ClH/c1-14(6-2-3-7-18-14)13(19)17-9-10-8-11(16)4-5-12(10)15;/h4-5,8,18H,2-3,6-7,9H2,1H3,(H,17,19);1H. The van der Waals surface area contributed by atoms with Crippen molar-refractivity contribution in [1.82, 2.24) is 10.6 Å². The largest absolute Gasteiger partial charge is 0.350 e. The summed E-state index contributed by atoms with van der Waals surface area (Å²) in [5.41, 5.74) is 0.241. The summed E-state index contributed by atoms with van der Waals surface area (Å²) >= 11 is 3.36. The summed E-state index contributed by atoms with van der Waals surface area (Å²) in [6.45, 7) is 3.12. The molecule has 1 aromatic carbocycles. The lowest BCUT2D eigenvalue weighted by Gasteiger charge is -2.33. The lowest BCUT2D eigenvalue weighted by molar-refractivity contribution is -0.128. The van der Waals surface area contributed by atoms with E-state index in [1.807, 2.05) is 6.92 Å². The van der Waals surface area contributed by atoms with Crippen LogP contribution < -0.4 is 10.6 Å². The molecule has 6 heteroatoms. The van der Waals surface area contributed by atoms with E-state index in [4.69, 9.17) is 0 Å². The predicted molar refractivity (Wildman–Crippen MR) is 83.5 cm³/mol. The van der Waals surface area contributed by atoms with Crippen LogP contribution in [0.5, 0.6) is 0 Å². The van der Waals surface area contributed by atoms with Gasteiger partial charge >= 0.3 is 0 Å². The molecule has 0 bridgehead atoms. The number of halogens is 3. The lowest BCUT2D eigenvalue weighted by Crippen LogP contribution is -2.56. The van der Waals surface area contributed by atoms with E-state index in [0.29, 0.717) is 6.54 Å². The summed E-state index contributed by atoms with van der Waals surface area (Å²) in [6.07, 6.45) is 3.00. The Kier molecular flexibility index (Phi) is 6.43. The number of piperidine rings is 1. The molecule has 0 aromatic heterocycles.